The number of aromatic nitrogens is 4. The number of H-pyrrole nitrogens is 1. The van der Waals surface area contributed by atoms with Crippen molar-refractivity contribution >= 4 is 5.91 Å². The van der Waals surface area contributed by atoms with E-state index in [0.717, 1.165) is 50.3 Å². The van der Waals surface area contributed by atoms with E-state index in [1.54, 1.807) is 6.07 Å². The quantitative estimate of drug-likeness (QED) is 0.828. The molecule has 2 aromatic heterocycles. The van der Waals surface area contributed by atoms with Crippen molar-refractivity contribution in [2.45, 2.75) is 45.1 Å². The van der Waals surface area contributed by atoms with Crippen LogP contribution < -0.4 is 5.73 Å². The van der Waals surface area contributed by atoms with Crippen molar-refractivity contribution < 1.29 is 9.32 Å². The number of nitrogens with two attached hydrogens (primary N) is 1. The second kappa shape index (κ2) is 6.91. The van der Waals surface area contributed by atoms with E-state index in [1.165, 1.54) is 0 Å². The molecule has 3 N–H and O–H groups in total. The zero-order valence-electron chi connectivity index (χ0n) is 13.3. The summed E-state index contributed by atoms with van der Waals surface area (Å²) in [7, 11) is 0. The Morgan fingerprint density at radius 1 is 1.57 bits per heavy atom. The average Bonchev–Trinajstić information content (AvgIpc) is 3.17. The number of nitrogens with zero attached hydrogens (tertiary/aromatic N) is 4. The van der Waals surface area contributed by atoms with Crippen molar-refractivity contribution in [1.82, 2.24) is 25.2 Å². The van der Waals surface area contributed by atoms with Gasteiger partial charge in [-0.15, -0.1) is 0 Å². The highest BCUT2D eigenvalue weighted by Crippen LogP contribution is 2.26. The second-order valence-corrected chi connectivity index (χ2v) is 6.00. The molecule has 1 amide bonds. The Balaban J connectivity index is 1.61. The molecule has 1 aliphatic heterocycles. The van der Waals surface area contributed by atoms with Crippen LogP contribution in [0.1, 0.15) is 60.0 Å². The predicted octanol–water partition coefficient (Wildman–Crippen LogP) is 1.22. The Bertz CT molecular complexity index is 664. The fourth-order valence-electron chi connectivity index (χ4n) is 2.99. The highest BCUT2D eigenvalue weighted by molar-refractivity contribution is 5.90. The van der Waals surface area contributed by atoms with E-state index in [0.29, 0.717) is 24.0 Å². The Morgan fingerprint density at radius 3 is 3.17 bits per heavy atom. The van der Waals surface area contributed by atoms with E-state index in [1.807, 2.05) is 0 Å². The standard InChI is InChI=1S/C15H22N6O2/c1-2-4-14-17-13(20-23-14)9-21-6-3-5-10(8-21)11-7-12(15(16)22)19-18-11/h7,10H,2-6,8-9H2,1H3,(H2,16,22)(H,18,19)/t10-/m1/s1. The first-order valence-corrected chi connectivity index (χ1v) is 8.04. The first-order valence-electron chi connectivity index (χ1n) is 8.04. The van der Waals surface area contributed by atoms with Crippen LogP contribution in [0.4, 0.5) is 0 Å². The van der Waals surface area contributed by atoms with Gasteiger partial charge in [-0.25, -0.2) is 0 Å². The third kappa shape index (κ3) is 3.76. The van der Waals surface area contributed by atoms with E-state index < -0.39 is 5.91 Å². The molecule has 0 aliphatic carbocycles. The number of aryl methyl sites for hydroxylation is 1. The number of rotatable bonds is 6. The van der Waals surface area contributed by atoms with Gasteiger partial charge in [0.1, 0.15) is 5.69 Å². The third-order valence-corrected chi connectivity index (χ3v) is 4.13. The molecule has 8 heteroatoms. The minimum atomic E-state index is -0.504. The first-order chi connectivity index (χ1) is 11.2. The van der Waals surface area contributed by atoms with Crippen LogP contribution in [0.2, 0.25) is 0 Å². The SMILES string of the molecule is CCCc1nc(CN2CCC[C@@H](c3cc(C(N)=O)n[nH]3)C2)no1. The van der Waals surface area contributed by atoms with Gasteiger partial charge in [-0.1, -0.05) is 12.1 Å². The smallest absolute Gasteiger partial charge is 0.269 e. The molecule has 23 heavy (non-hydrogen) atoms. The van der Waals surface area contributed by atoms with E-state index in [9.17, 15) is 4.79 Å². The molecule has 0 unspecified atom stereocenters. The van der Waals surface area contributed by atoms with Gasteiger partial charge in [0.15, 0.2) is 5.82 Å². The van der Waals surface area contributed by atoms with Gasteiger partial charge in [-0.2, -0.15) is 10.1 Å². The zero-order chi connectivity index (χ0) is 16.2. The van der Waals surface area contributed by atoms with Gasteiger partial charge in [0, 0.05) is 24.6 Å². The van der Waals surface area contributed by atoms with Crippen LogP contribution in [0, 0.1) is 0 Å². The third-order valence-electron chi connectivity index (χ3n) is 4.13. The van der Waals surface area contributed by atoms with Crippen molar-refractivity contribution in [2.24, 2.45) is 5.73 Å². The van der Waals surface area contributed by atoms with Crippen LogP contribution in [-0.4, -0.2) is 44.2 Å². The molecule has 1 fully saturated rings. The predicted molar refractivity (Wildman–Crippen MR) is 82.7 cm³/mol. The van der Waals surface area contributed by atoms with Crippen LogP contribution in [0.15, 0.2) is 10.6 Å². The molecule has 8 nitrogen and oxygen atoms in total. The van der Waals surface area contributed by atoms with Gasteiger partial charge in [0.25, 0.3) is 5.91 Å². The fraction of sp³-hybridized carbons (Fsp3) is 0.600. The van der Waals surface area contributed by atoms with Crippen molar-refractivity contribution in [3.05, 3.63) is 29.2 Å². The molecule has 1 atom stereocenters. The Labute approximate surface area is 134 Å². The lowest BCUT2D eigenvalue weighted by Gasteiger charge is -2.31. The Hall–Kier alpha value is -2.22. The summed E-state index contributed by atoms with van der Waals surface area (Å²) < 4.78 is 5.23. The number of aromatic amines is 1. The maximum Gasteiger partial charge on any atom is 0.269 e. The molecule has 0 spiro atoms. The number of carbonyl (C=O) groups is 1. The summed E-state index contributed by atoms with van der Waals surface area (Å²) in [6.45, 7) is 4.65. The minimum Gasteiger partial charge on any atom is -0.364 e. The van der Waals surface area contributed by atoms with E-state index in [-0.39, 0.29) is 0 Å². The monoisotopic (exact) mass is 318 g/mol. The summed E-state index contributed by atoms with van der Waals surface area (Å²) in [5.74, 6) is 1.24. The van der Waals surface area contributed by atoms with Crippen molar-refractivity contribution in [3.8, 4) is 0 Å². The molecular formula is C15H22N6O2. The zero-order valence-corrected chi connectivity index (χ0v) is 13.3. The number of carbonyl (C=O) groups excluding carboxylic acids is 1. The van der Waals surface area contributed by atoms with Crippen LogP contribution in [0.25, 0.3) is 0 Å². The fourth-order valence-corrected chi connectivity index (χ4v) is 2.99. The number of likely N-dealkylation sites (tertiary alicyclic amines) is 1. The molecule has 0 aromatic carbocycles. The Morgan fingerprint density at radius 2 is 2.43 bits per heavy atom. The van der Waals surface area contributed by atoms with Crippen molar-refractivity contribution in [1.29, 1.82) is 0 Å². The number of hydrogen-bond donors (Lipinski definition) is 2. The molecule has 0 saturated carbocycles. The van der Waals surface area contributed by atoms with E-state index >= 15 is 0 Å². The summed E-state index contributed by atoms with van der Waals surface area (Å²) in [6, 6.07) is 1.75. The largest absolute Gasteiger partial charge is 0.364 e. The summed E-state index contributed by atoms with van der Waals surface area (Å²) >= 11 is 0. The maximum atomic E-state index is 11.2. The maximum absolute atomic E-state index is 11.2. The summed E-state index contributed by atoms with van der Waals surface area (Å²) in [6.07, 6.45) is 3.95. The number of amides is 1. The van der Waals surface area contributed by atoms with Crippen LogP contribution in [0.5, 0.6) is 0 Å². The molecule has 124 valence electrons. The number of piperidine rings is 1. The molecule has 1 aliphatic rings. The van der Waals surface area contributed by atoms with Gasteiger partial charge in [0.05, 0.1) is 6.54 Å². The number of nitrogens with one attached hydrogen (secondary N) is 1. The molecular weight excluding hydrogens is 296 g/mol. The lowest BCUT2D eigenvalue weighted by Crippen LogP contribution is -2.34. The van der Waals surface area contributed by atoms with Gasteiger partial charge in [-0.3, -0.25) is 14.8 Å². The molecule has 1 saturated heterocycles. The molecule has 3 rings (SSSR count). The van der Waals surface area contributed by atoms with E-state index in [4.69, 9.17) is 10.3 Å². The average molecular weight is 318 g/mol. The van der Waals surface area contributed by atoms with Crippen molar-refractivity contribution in [2.75, 3.05) is 13.1 Å². The topological polar surface area (TPSA) is 114 Å². The summed E-state index contributed by atoms with van der Waals surface area (Å²) in [5.41, 5.74) is 6.51. The van der Waals surface area contributed by atoms with Crippen LogP contribution in [-0.2, 0) is 13.0 Å². The lowest BCUT2D eigenvalue weighted by molar-refractivity contribution is 0.0995. The minimum absolute atomic E-state index is 0.291. The molecule has 2 aromatic rings. The van der Waals surface area contributed by atoms with Gasteiger partial charge >= 0.3 is 0 Å². The first kappa shape index (κ1) is 15.7. The number of hydrogen-bond acceptors (Lipinski definition) is 6. The number of primary amides is 1. The van der Waals surface area contributed by atoms with Gasteiger partial charge in [-0.05, 0) is 31.9 Å². The highest BCUT2D eigenvalue weighted by Gasteiger charge is 2.24. The van der Waals surface area contributed by atoms with Crippen molar-refractivity contribution in [3.63, 3.8) is 0 Å². The lowest BCUT2D eigenvalue weighted by atomic mass is 9.94. The summed E-state index contributed by atoms with van der Waals surface area (Å²) in [5, 5.41) is 10.9. The van der Waals surface area contributed by atoms with Gasteiger partial charge < -0.3 is 10.3 Å². The molecule has 0 bridgehead atoms. The normalized spacial score (nSPS) is 19.1. The molecule has 0 radical (unpaired) electrons. The van der Waals surface area contributed by atoms with Crippen LogP contribution >= 0.6 is 0 Å². The summed E-state index contributed by atoms with van der Waals surface area (Å²) in [4.78, 5) is 17.9. The molecule has 3 heterocycles. The second-order valence-electron chi connectivity index (χ2n) is 6.00. The Kier molecular flexibility index (Phi) is 4.71. The van der Waals surface area contributed by atoms with E-state index in [2.05, 4.69) is 32.2 Å². The van der Waals surface area contributed by atoms with Gasteiger partial charge in [0.2, 0.25) is 5.89 Å². The van der Waals surface area contributed by atoms with Crippen LogP contribution in [0.3, 0.4) is 0 Å². The highest BCUT2D eigenvalue weighted by atomic mass is 16.5.